The molecule has 4 fully saturated rings. The molecule has 374 valence electrons. The first-order valence-corrected chi connectivity index (χ1v) is 24.0. The van der Waals surface area contributed by atoms with Crippen molar-refractivity contribution in [3.63, 3.8) is 0 Å². The van der Waals surface area contributed by atoms with Crippen LogP contribution in [-0.4, -0.2) is 129 Å². The van der Waals surface area contributed by atoms with Crippen molar-refractivity contribution in [3.8, 4) is 40.1 Å². The van der Waals surface area contributed by atoms with Crippen LogP contribution in [-0.2, 0) is 17.8 Å². The topological polar surface area (TPSA) is 144 Å². The summed E-state index contributed by atoms with van der Waals surface area (Å²) in [4.78, 5) is 34.7. The van der Waals surface area contributed by atoms with E-state index in [0.29, 0.717) is 60.9 Å². The van der Waals surface area contributed by atoms with Gasteiger partial charge in [0.2, 0.25) is 0 Å². The van der Waals surface area contributed by atoms with Gasteiger partial charge in [-0.05, 0) is 75.1 Å². The first-order valence-electron chi connectivity index (χ1n) is 23.6. The molecule has 2 aromatic heterocycles. The number of benzene rings is 4. The van der Waals surface area contributed by atoms with Crippen molar-refractivity contribution >= 4 is 51.1 Å². The number of piperazine rings is 1. The van der Waals surface area contributed by atoms with Crippen molar-refractivity contribution in [2.45, 2.75) is 57.3 Å². The average Bonchev–Trinajstić information content (AvgIpc) is 4.09. The van der Waals surface area contributed by atoms with E-state index in [-0.39, 0.29) is 94.0 Å². The summed E-state index contributed by atoms with van der Waals surface area (Å²) in [6.07, 6.45) is 2.12. The molecule has 0 spiro atoms. The maximum atomic E-state index is 18.0. The van der Waals surface area contributed by atoms with E-state index in [9.17, 15) is 9.90 Å². The Morgan fingerprint density at radius 2 is 1.49 bits per heavy atom. The van der Waals surface area contributed by atoms with Gasteiger partial charge in [0.15, 0.2) is 5.82 Å². The molecule has 4 aromatic carbocycles. The van der Waals surface area contributed by atoms with Crippen molar-refractivity contribution in [1.82, 2.24) is 24.8 Å². The number of nitrogens with zero attached hydrogens (tertiary/aromatic N) is 7. The van der Waals surface area contributed by atoms with E-state index in [4.69, 9.17) is 50.0 Å². The van der Waals surface area contributed by atoms with Gasteiger partial charge in [-0.25, -0.2) is 22.9 Å². The van der Waals surface area contributed by atoms with Crippen molar-refractivity contribution in [2.75, 3.05) is 90.8 Å². The molecule has 19 heteroatoms. The Morgan fingerprint density at radius 3 is 2.10 bits per heavy atom. The second kappa shape index (κ2) is 19.3. The SMILES string of the molecule is COc1ccc(CN(Cc2ccc(OC)cc2OC)c2ccc3c(F)cc(F)c(-c4c(Cl)cc5c(N6CC7CCC(C)(C6)N7C(=O)O)nc(OCC6(CN7CCOCC7)CC6)nc5c4F)c3n2)c(OC)c1. The molecule has 2 unspecified atom stereocenters. The first kappa shape index (κ1) is 48.1. The minimum absolute atomic E-state index is 0.0767. The number of rotatable bonds is 16. The largest absolute Gasteiger partial charge is 0.497 e. The van der Waals surface area contributed by atoms with Crippen molar-refractivity contribution in [1.29, 1.82) is 0 Å². The van der Waals surface area contributed by atoms with E-state index in [0.717, 1.165) is 43.6 Å². The molecule has 1 amide bonds. The van der Waals surface area contributed by atoms with Crippen molar-refractivity contribution < 1.29 is 51.5 Å². The van der Waals surface area contributed by atoms with Crippen LogP contribution in [0.5, 0.6) is 29.0 Å². The number of carboxylic acid groups (broad SMARTS) is 1. The van der Waals surface area contributed by atoms with E-state index in [2.05, 4.69) is 9.88 Å². The van der Waals surface area contributed by atoms with Gasteiger partial charge in [-0.3, -0.25) is 9.80 Å². The van der Waals surface area contributed by atoms with E-state index >= 15 is 13.2 Å². The zero-order chi connectivity index (χ0) is 49.8. The van der Waals surface area contributed by atoms with Crippen molar-refractivity contribution in [3.05, 3.63) is 94.3 Å². The molecule has 6 aromatic rings. The zero-order valence-electron chi connectivity index (χ0n) is 40.2. The number of methoxy groups -OCH3 is 4. The molecule has 5 heterocycles. The molecule has 2 atom stereocenters. The highest BCUT2D eigenvalue weighted by Crippen LogP contribution is 2.48. The quantitative estimate of drug-likeness (QED) is 0.0983. The number of halogens is 4. The van der Waals surface area contributed by atoms with E-state index < -0.39 is 29.1 Å². The first-order chi connectivity index (χ1) is 34.2. The minimum Gasteiger partial charge on any atom is -0.497 e. The molecule has 3 aliphatic heterocycles. The van der Waals surface area contributed by atoms with Crippen molar-refractivity contribution in [2.24, 2.45) is 5.41 Å². The molecule has 3 saturated heterocycles. The van der Waals surface area contributed by atoms with E-state index in [1.54, 1.807) is 58.8 Å². The van der Waals surface area contributed by atoms with Gasteiger partial charge in [0.1, 0.15) is 51.8 Å². The Labute approximate surface area is 413 Å². The van der Waals surface area contributed by atoms with Crippen LogP contribution in [0.2, 0.25) is 5.02 Å². The van der Waals surface area contributed by atoms with E-state index in [1.807, 2.05) is 28.9 Å². The second-order valence-corrected chi connectivity index (χ2v) is 19.6. The highest BCUT2D eigenvalue weighted by atomic mass is 35.5. The highest BCUT2D eigenvalue weighted by Gasteiger charge is 2.52. The number of morpholine rings is 1. The van der Waals surface area contributed by atoms with Crippen LogP contribution < -0.4 is 33.5 Å². The third-order valence-corrected chi connectivity index (χ3v) is 14.9. The molecule has 1 saturated carbocycles. The molecule has 4 aliphatic rings. The molecule has 1 N–H and O–H groups in total. The number of carbonyl (C=O) groups is 1. The normalized spacial score (nSPS) is 19.5. The van der Waals surface area contributed by atoms with E-state index in [1.165, 1.54) is 17.0 Å². The summed E-state index contributed by atoms with van der Waals surface area (Å²) < 4.78 is 85.3. The summed E-state index contributed by atoms with van der Waals surface area (Å²) >= 11 is 7.13. The van der Waals surface area contributed by atoms with Gasteiger partial charge in [-0.2, -0.15) is 9.97 Å². The van der Waals surface area contributed by atoms with Gasteiger partial charge in [0.25, 0.3) is 0 Å². The van der Waals surface area contributed by atoms with Crippen LogP contribution in [0, 0.1) is 22.9 Å². The predicted octanol–water partition coefficient (Wildman–Crippen LogP) is 9.37. The summed E-state index contributed by atoms with van der Waals surface area (Å²) in [6.45, 7) is 6.83. The third-order valence-electron chi connectivity index (χ3n) is 14.6. The fraction of sp³-hybridized carbons (Fsp3) is 0.423. The molecular weight excluding hydrogens is 943 g/mol. The van der Waals surface area contributed by atoms with Gasteiger partial charge in [-0.1, -0.05) is 11.6 Å². The number of pyridine rings is 1. The Bertz CT molecular complexity index is 2980. The number of hydrogen-bond donors (Lipinski definition) is 1. The number of ether oxygens (including phenoxy) is 6. The molecule has 0 radical (unpaired) electrons. The number of amides is 1. The molecular formula is C52H55ClF3N7O8. The number of aromatic nitrogens is 3. The van der Waals surface area contributed by atoms with Crippen LogP contribution in [0.1, 0.15) is 43.7 Å². The summed E-state index contributed by atoms with van der Waals surface area (Å²) in [5.41, 5.74) is -0.560. The van der Waals surface area contributed by atoms with Crippen LogP contribution in [0.3, 0.4) is 0 Å². The predicted molar refractivity (Wildman–Crippen MR) is 262 cm³/mol. The Morgan fingerprint density at radius 1 is 0.817 bits per heavy atom. The summed E-state index contributed by atoms with van der Waals surface area (Å²) in [5, 5.41) is 10.2. The fourth-order valence-electron chi connectivity index (χ4n) is 10.7. The van der Waals surface area contributed by atoms with Gasteiger partial charge in [0, 0.05) is 102 Å². The van der Waals surface area contributed by atoms with Crippen LogP contribution in [0.25, 0.3) is 32.9 Å². The smallest absolute Gasteiger partial charge is 0.408 e. The Kier molecular flexibility index (Phi) is 13.1. The monoisotopic (exact) mass is 997 g/mol. The Balaban J connectivity index is 1.10. The number of hydrogen-bond acceptors (Lipinski definition) is 13. The van der Waals surface area contributed by atoms with Crippen LogP contribution >= 0.6 is 11.6 Å². The summed E-state index contributed by atoms with van der Waals surface area (Å²) in [7, 11) is 6.21. The van der Waals surface area contributed by atoms with Gasteiger partial charge < -0.3 is 43.3 Å². The fourth-order valence-corrected chi connectivity index (χ4v) is 10.9. The second-order valence-electron chi connectivity index (χ2n) is 19.2. The Hall–Kier alpha value is -6.50. The zero-order valence-corrected chi connectivity index (χ0v) is 41.0. The standard InChI is InChI=1S/C52H55ClF3N7O8/c1-51-13-12-32(63(51)50(64)65)26-62(27-51)48-36-22-37(53)43(45(56)47(36)58-49(59-48)71-29-52(14-15-52)28-60-16-18-70-19-17-60)44-39(55)23-38(54)35-10-11-42(57-46(35)44)61(24-30-6-8-33(66-2)20-40(30)68-4)25-31-7-9-34(67-3)21-41(31)69-5/h6-11,20-23,32H,12-19,24-29H2,1-5H3,(H,64,65). The third kappa shape index (κ3) is 9.21. The lowest BCUT2D eigenvalue weighted by Gasteiger charge is -2.46. The molecule has 71 heavy (non-hydrogen) atoms. The molecule has 2 bridgehead atoms. The van der Waals surface area contributed by atoms with Gasteiger partial charge >= 0.3 is 12.1 Å². The highest BCUT2D eigenvalue weighted by molar-refractivity contribution is 6.35. The lowest BCUT2D eigenvalue weighted by atomic mass is 9.97. The lowest BCUT2D eigenvalue weighted by molar-refractivity contribution is 0.0231. The maximum Gasteiger partial charge on any atom is 0.408 e. The minimum atomic E-state index is -1.10. The van der Waals surface area contributed by atoms with Crippen LogP contribution in [0.15, 0.2) is 60.7 Å². The van der Waals surface area contributed by atoms with Crippen LogP contribution in [0.4, 0.5) is 29.6 Å². The van der Waals surface area contributed by atoms with Gasteiger partial charge in [0.05, 0.1) is 70.4 Å². The lowest BCUT2D eigenvalue weighted by Crippen LogP contribution is -2.62. The molecule has 10 rings (SSSR count). The maximum absolute atomic E-state index is 18.0. The molecule has 15 nitrogen and oxygen atoms in total. The molecule has 1 aliphatic carbocycles. The average molecular weight is 998 g/mol. The summed E-state index contributed by atoms with van der Waals surface area (Å²) in [5.74, 6) is -0.192. The van der Waals surface area contributed by atoms with Gasteiger partial charge in [-0.15, -0.1) is 0 Å². The number of fused-ring (bicyclic) bond motifs is 4. The number of anilines is 2. The summed E-state index contributed by atoms with van der Waals surface area (Å²) in [6, 6.07) is 15.7.